The minimum Gasteiger partial charge on any atom is -0.634 e. The molecule has 0 aromatic carbocycles. The highest BCUT2D eigenvalue weighted by Gasteiger charge is 2.23. The molecular weight excluding hydrogens is 258 g/mol. The minimum absolute atomic E-state index is 0.00333. The van der Waals surface area contributed by atoms with Gasteiger partial charge in [0.25, 0.3) is 6.48 Å². The average molecular weight is 287 g/mol. The number of rotatable bonds is 8. The predicted molar refractivity (Wildman–Crippen MR) is 77.9 cm³/mol. The molecule has 0 aromatic heterocycles. The molecule has 0 fully saturated rings. The molecule has 4 unspecified atom stereocenters. The third kappa shape index (κ3) is 6.33. The monoisotopic (exact) mass is 287 g/mol. The van der Waals surface area contributed by atoms with E-state index >= 15 is 0 Å². The van der Waals surface area contributed by atoms with Gasteiger partial charge in [0, 0.05) is 6.42 Å². The number of aliphatic hydroxyl groups excluding tert-OH is 1. The van der Waals surface area contributed by atoms with Crippen LogP contribution in [-0.2, 0) is 9.47 Å². The number of quaternary nitrogens is 1. The molecule has 1 rings (SSSR count). The number of nitrogens with one attached hydrogen (secondary N) is 1. The van der Waals surface area contributed by atoms with Crippen molar-refractivity contribution < 1.29 is 19.6 Å². The highest BCUT2D eigenvalue weighted by molar-refractivity contribution is 4.99. The molecule has 118 valence electrons. The van der Waals surface area contributed by atoms with Crippen LogP contribution in [0.4, 0.5) is 0 Å². The average Bonchev–Trinajstić information content (AvgIpc) is 2.37. The van der Waals surface area contributed by atoms with Crippen molar-refractivity contribution in [2.24, 2.45) is 5.41 Å². The summed E-state index contributed by atoms with van der Waals surface area (Å²) in [5.41, 5.74) is 0.0429. The van der Waals surface area contributed by atoms with Crippen molar-refractivity contribution in [1.29, 1.82) is 0 Å². The Labute approximate surface area is 122 Å². The third-order valence-electron chi connectivity index (χ3n) is 3.68. The van der Waals surface area contributed by atoms with Gasteiger partial charge >= 0.3 is 0 Å². The number of aliphatic hydroxyl groups is 1. The lowest BCUT2D eigenvalue weighted by Gasteiger charge is -2.31. The van der Waals surface area contributed by atoms with Crippen molar-refractivity contribution in [2.45, 2.75) is 65.1 Å². The number of likely N-dealkylation sites (N-methyl/N-ethyl adjacent to an activating group) is 1. The van der Waals surface area contributed by atoms with Crippen molar-refractivity contribution in [1.82, 2.24) is 0 Å². The van der Waals surface area contributed by atoms with Gasteiger partial charge in [0.15, 0.2) is 0 Å². The minimum atomic E-state index is -1.20. The molecule has 0 heterocycles. The summed E-state index contributed by atoms with van der Waals surface area (Å²) in [6, 6.07) is -0.00333. The zero-order valence-electron chi connectivity index (χ0n) is 13.1. The molecule has 0 amide bonds. The number of hydroxylamine groups is 2. The largest absolute Gasteiger partial charge is 0.634 e. The molecule has 0 aliphatic heterocycles. The molecule has 2 N–H and O–H groups in total. The first-order valence-electron chi connectivity index (χ1n) is 7.48. The van der Waals surface area contributed by atoms with Crippen LogP contribution in [0, 0.1) is 10.6 Å². The van der Waals surface area contributed by atoms with Crippen LogP contribution < -0.4 is 5.06 Å². The van der Waals surface area contributed by atoms with Gasteiger partial charge in [0.1, 0.15) is 6.04 Å². The molecule has 5 nitrogen and oxygen atoms in total. The van der Waals surface area contributed by atoms with E-state index in [9.17, 15) is 10.3 Å². The fourth-order valence-electron chi connectivity index (χ4n) is 2.48. The lowest BCUT2D eigenvalue weighted by Crippen LogP contribution is -3.08. The molecule has 0 aromatic rings. The third-order valence-corrected chi connectivity index (χ3v) is 3.68. The molecule has 1 aliphatic carbocycles. The summed E-state index contributed by atoms with van der Waals surface area (Å²) in [4.78, 5) is 0. The van der Waals surface area contributed by atoms with Crippen LogP contribution in [0.1, 0.15) is 46.5 Å². The van der Waals surface area contributed by atoms with Crippen LogP contribution in [0.5, 0.6) is 0 Å². The van der Waals surface area contributed by atoms with Gasteiger partial charge in [-0.2, -0.15) is 0 Å². The standard InChI is InChI=1S/C15H29NO4/c1-5-10-15(2,3)11-19-14(17)20-13-8-6-12(7-9-13)16(4)18/h6,8,12-14,16-17H,5,7,9-11H2,1-4H3. The zero-order chi connectivity index (χ0) is 15.2. The van der Waals surface area contributed by atoms with E-state index in [0.29, 0.717) is 6.61 Å². The van der Waals surface area contributed by atoms with Gasteiger partial charge in [0.05, 0.1) is 19.8 Å². The molecule has 0 saturated heterocycles. The number of hydrogen-bond donors (Lipinski definition) is 2. The Bertz CT molecular complexity index is 304. The number of ether oxygens (including phenoxy) is 2. The molecular formula is C15H29NO4. The lowest BCUT2D eigenvalue weighted by atomic mass is 9.89. The second kappa shape index (κ2) is 8.10. The first-order valence-corrected chi connectivity index (χ1v) is 7.48. The zero-order valence-corrected chi connectivity index (χ0v) is 13.1. The highest BCUT2D eigenvalue weighted by Crippen LogP contribution is 2.23. The van der Waals surface area contributed by atoms with Gasteiger partial charge < -0.3 is 24.9 Å². The lowest BCUT2D eigenvalue weighted by molar-refractivity contribution is -0.847. The van der Waals surface area contributed by atoms with Crippen LogP contribution >= 0.6 is 0 Å². The van der Waals surface area contributed by atoms with Gasteiger partial charge in [-0.25, -0.2) is 0 Å². The summed E-state index contributed by atoms with van der Waals surface area (Å²) in [6.07, 6.45) is 7.18. The van der Waals surface area contributed by atoms with Gasteiger partial charge in [0.2, 0.25) is 0 Å². The normalized spacial score (nSPS) is 26.5. The summed E-state index contributed by atoms with van der Waals surface area (Å²) in [5, 5.41) is 21.2. The predicted octanol–water partition coefficient (Wildman–Crippen LogP) is 1.22. The van der Waals surface area contributed by atoms with E-state index in [1.807, 2.05) is 12.2 Å². The maximum Gasteiger partial charge on any atom is 0.269 e. The van der Waals surface area contributed by atoms with E-state index in [1.165, 1.54) is 0 Å². The Kier molecular flexibility index (Phi) is 7.12. The molecule has 0 radical (unpaired) electrons. The van der Waals surface area contributed by atoms with Crippen LogP contribution in [0.25, 0.3) is 0 Å². The second-order valence-electron chi connectivity index (χ2n) is 6.39. The molecule has 1 aliphatic rings. The van der Waals surface area contributed by atoms with Crippen LogP contribution in [0.2, 0.25) is 0 Å². The molecule has 0 bridgehead atoms. The quantitative estimate of drug-likeness (QED) is 0.400. The molecule has 4 atom stereocenters. The highest BCUT2D eigenvalue weighted by atomic mass is 16.8. The maximum atomic E-state index is 11.2. The van der Waals surface area contributed by atoms with Crippen molar-refractivity contribution in [3.05, 3.63) is 17.4 Å². The second-order valence-corrected chi connectivity index (χ2v) is 6.39. The van der Waals surface area contributed by atoms with Crippen LogP contribution in [0.15, 0.2) is 12.2 Å². The Morgan fingerprint density at radius 2 is 2.10 bits per heavy atom. The summed E-state index contributed by atoms with van der Waals surface area (Å²) in [7, 11) is 1.60. The first-order chi connectivity index (χ1) is 9.34. The Morgan fingerprint density at radius 1 is 1.40 bits per heavy atom. The van der Waals surface area contributed by atoms with Crippen molar-refractivity contribution in [2.75, 3.05) is 13.7 Å². The first kappa shape index (κ1) is 17.6. The molecule has 0 spiro atoms. The van der Waals surface area contributed by atoms with Crippen molar-refractivity contribution in [3.63, 3.8) is 0 Å². The van der Waals surface area contributed by atoms with Gasteiger partial charge in [-0.3, -0.25) is 0 Å². The van der Waals surface area contributed by atoms with Crippen LogP contribution in [0.3, 0.4) is 0 Å². The molecule has 0 saturated carbocycles. The van der Waals surface area contributed by atoms with Crippen LogP contribution in [-0.4, -0.2) is 37.4 Å². The van der Waals surface area contributed by atoms with E-state index < -0.39 is 6.48 Å². The fraction of sp³-hybridized carbons (Fsp3) is 0.867. The topological polar surface area (TPSA) is 66.2 Å². The van der Waals surface area contributed by atoms with E-state index in [1.54, 1.807) is 7.05 Å². The fourth-order valence-corrected chi connectivity index (χ4v) is 2.48. The Morgan fingerprint density at radius 3 is 2.60 bits per heavy atom. The Hall–Kier alpha value is -0.460. The summed E-state index contributed by atoms with van der Waals surface area (Å²) in [6.45, 7) is 5.62. The SMILES string of the molecule is CCCC(C)(C)COC(O)OC1C=CC([NH+](C)[O-])CC1. The van der Waals surface area contributed by atoms with E-state index in [0.717, 1.165) is 25.7 Å². The molecule has 20 heavy (non-hydrogen) atoms. The Balaban J connectivity index is 2.30. The van der Waals surface area contributed by atoms with Crippen molar-refractivity contribution >= 4 is 0 Å². The van der Waals surface area contributed by atoms with Gasteiger partial charge in [-0.15, -0.1) is 0 Å². The van der Waals surface area contributed by atoms with Gasteiger partial charge in [-0.05, 0) is 24.3 Å². The summed E-state index contributed by atoms with van der Waals surface area (Å²) < 4.78 is 10.8. The van der Waals surface area contributed by atoms with E-state index in [-0.39, 0.29) is 22.6 Å². The van der Waals surface area contributed by atoms with Gasteiger partial charge in [-0.1, -0.05) is 33.3 Å². The van der Waals surface area contributed by atoms with Crippen molar-refractivity contribution in [3.8, 4) is 0 Å². The van der Waals surface area contributed by atoms with E-state index in [2.05, 4.69) is 20.8 Å². The summed E-state index contributed by atoms with van der Waals surface area (Å²) >= 11 is 0. The maximum absolute atomic E-state index is 11.2. The molecule has 5 heteroatoms. The summed E-state index contributed by atoms with van der Waals surface area (Å²) in [5.74, 6) is 0. The van der Waals surface area contributed by atoms with E-state index in [4.69, 9.17) is 9.47 Å². The smallest absolute Gasteiger partial charge is 0.269 e. The number of hydrogen-bond acceptors (Lipinski definition) is 4.